The van der Waals surface area contributed by atoms with Gasteiger partial charge in [0.15, 0.2) is 0 Å². The lowest BCUT2D eigenvalue weighted by Crippen LogP contribution is -2.49. The van der Waals surface area contributed by atoms with Gasteiger partial charge in [-0.15, -0.1) is 0 Å². The summed E-state index contributed by atoms with van der Waals surface area (Å²) in [5, 5.41) is 3.01. The molecule has 4 rings (SSSR count). The highest BCUT2D eigenvalue weighted by atomic mass is 16.2. The molecule has 2 fully saturated rings. The number of nitrogens with one attached hydrogen (secondary N) is 1. The summed E-state index contributed by atoms with van der Waals surface area (Å²) in [5.74, 6) is 0. The van der Waals surface area contributed by atoms with Gasteiger partial charge in [0, 0.05) is 44.5 Å². The van der Waals surface area contributed by atoms with Crippen LogP contribution in [-0.2, 0) is 6.54 Å². The van der Waals surface area contributed by atoms with Gasteiger partial charge in [-0.1, -0.05) is 48.0 Å². The van der Waals surface area contributed by atoms with E-state index in [-0.39, 0.29) is 18.1 Å². The van der Waals surface area contributed by atoms with E-state index in [9.17, 15) is 9.59 Å². The Hall–Kier alpha value is -3.02. The van der Waals surface area contributed by atoms with Crippen molar-refractivity contribution in [3.8, 4) is 0 Å². The first kappa shape index (κ1) is 20.3. The molecule has 0 aromatic heterocycles. The molecule has 0 spiro atoms. The molecule has 30 heavy (non-hydrogen) atoms. The zero-order chi connectivity index (χ0) is 21.1. The Morgan fingerprint density at radius 3 is 2.50 bits per heavy atom. The van der Waals surface area contributed by atoms with Gasteiger partial charge in [-0.3, -0.25) is 0 Å². The van der Waals surface area contributed by atoms with Crippen molar-refractivity contribution in [3.63, 3.8) is 0 Å². The summed E-state index contributed by atoms with van der Waals surface area (Å²) in [6, 6.07) is 16.4. The monoisotopic (exact) mass is 406 g/mol. The molecule has 2 heterocycles. The summed E-state index contributed by atoms with van der Waals surface area (Å²) in [4.78, 5) is 31.4. The lowest BCUT2D eigenvalue weighted by Gasteiger charge is -2.36. The fourth-order valence-electron chi connectivity index (χ4n) is 4.41. The van der Waals surface area contributed by atoms with Gasteiger partial charge in [0.1, 0.15) is 0 Å². The lowest BCUT2D eigenvalue weighted by atomic mass is 10.0. The molecule has 6 heteroatoms. The molecule has 0 radical (unpaired) electrons. The Morgan fingerprint density at radius 1 is 1.00 bits per heavy atom. The summed E-state index contributed by atoms with van der Waals surface area (Å²) in [6.07, 6.45) is 1.65. The number of benzene rings is 2. The fourth-order valence-corrected chi connectivity index (χ4v) is 4.41. The molecule has 2 aliphatic heterocycles. The van der Waals surface area contributed by atoms with Crippen LogP contribution in [-0.4, -0.2) is 59.0 Å². The summed E-state index contributed by atoms with van der Waals surface area (Å²) in [6.45, 7) is 7.60. The number of aryl methyl sites for hydroxylation is 2. The Balaban J connectivity index is 1.29. The maximum Gasteiger partial charge on any atom is 0.321 e. The number of piperidine rings is 1. The van der Waals surface area contributed by atoms with Crippen LogP contribution in [0.2, 0.25) is 0 Å². The van der Waals surface area contributed by atoms with Gasteiger partial charge in [0.25, 0.3) is 0 Å². The number of para-hydroxylation sites is 1. The normalized spacial score (nSPS) is 17.5. The SMILES string of the molecule is Cc1cccc(CN2CCN(C3CCN(C(=O)Nc4ccccc4C)CC3)C2=O)c1. The number of amides is 4. The second-order valence-electron chi connectivity index (χ2n) is 8.35. The molecular formula is C24H30N4O2. The highest BCUT2D eigenvalue weighted by Crippen LogP contribution is 2.23. The number of hydrogen-bond donors (Lipinski definition) is 1. The fraction of sp³-hybridized carbons (Fsp3) is 0.417. The summed E-state index contributed by atoms with van der Waals surface area (Å²) >= 11 is 0. The molecule has 0 saturated carbocycles. The van der Waals surface area contributed by atoms with Crippen LogP contribution in [0, 0.1) is 13.8 Å². The summed E-state index contributed by atoms with van der Waals surface area (Å²) < 4.78 is 0. The highest BCUT2D eigenvalue weighted by molar-refractivity contribution is 5.90. The van der Waals surface area contributed by atoms with Gasteiger partial charge in [-0.2, -0.15) is 0 Å². The van der Waals surface area contributed by atoms with E-state index in [2.05, 4.69) is 30.4 Å². The minimum Gasteiger partial charge on any atom is -0.324 e. The van der Waals surface area contributed by atoms with Crippen LogP contribution >= 0.6 is 0 Å². The molecule has 0 bridgehead atoms. The van der Waals surface area contributed by atoms with Gasteiger partial charge in [-0.25, -0.2) is 9.59 Å². The van der Waals surface area contributed by atoms with E-state index in [0.717, 1.165) is 37.2 Å². The van der Waals surface area contributed by atoms with E-state index in [1.165, 1.54) is 11.1 Å². The van der Waals surface area contributed by atoms with Gasteiger partial charge >= 0.3 is 12.1 Å². The van der Waals surface area contributed by atoms with Crippen molar-refractivity contribution in [2.45, 2.75) is 39.3 Å². The molecule has 158 valence electrons. The standard InChI is InChI=1S/C24H30N4O2/c1-18-6-5-8-20(16-18)17-27-14-15-28(24(27)30)21-10-12-26(13-11-21)23(29)25-22-9-4-3-7-19(22)2/h3-9,16,21H,10-15,17H2,1-2H3,(H,25,29). The second-order valence-corrected chi connectivity index (χ2v) is 8.35. The molecular weight excluding hydrogens is 376 g/mol. The van der Waals surface area contributed by atoms with Crippen molar-refractivity contribution in [2.24, 2.45) is 0 Å². The molecule has 0 aliphatic carbocycles. The Kier molecular flexibility index (Phi) is 5.93. The number of carbonyl (C=O) groups excluding carboxylic acids is 2. The Labute approximate surface area is 178 Å². The number of hydrogen-bond acceptors (Lipinski definition) is 2. The van der Waals surface area contributed by atoms with Crippen molar-refractivity contribution in [2.75, 3.05) is 31.5 Å². The molecule has 2 aromatic rings. The predicted molar refractivity (Wildman–Crippen MR) is 118 cm³/mol. The van der Waals surface area contributed by atoms with E-state index >= 15 is 0 Å². The van der Waals surface area contributed by atoms with Crippen LogP contribution in [0.5, 0.6) is 0 Å². The number of likely N-dealkylation sites (tertiary alicyclic amines) is 1. The van der Waals surface area contributed by atoms with Crippen LogP contribution < -0.4 is 5.32 Å². The van der Waals surface area contributed by atoms with Crippen molar-refractivity contribution in [3.05, 3.63) is 65.2 Å². The predicted octanol–water partition coefficient (Wildman–Crippen LogP) is 4.24. The van der Waals surface area contributed by atoms with Crippen LogP contribution in [0.1, 0.15) is 29.5 Å². The van der Waals surface area contributed by atoms with Crippen molar-refractivity contribution in [1.29, 1.82) is 0 Å². The lowest BCUT2D eigenvalue weighted by molar-refractivity contribution is 0.139. The minimum absolute atomic E-state index is 0.0587. The molecule has 2 aromatic carbocycles. The number of anilines is 1. The number of carbonyl (C=O) groups is 2. The van der Waals surface area contributed by atoms with E-state index in [0.29, 0.717) is 19.6 Å². The molecule has 0 unspecified atom stereocenters. The molecule has 0 atom stereocenters. The molecule has 2 aliphatic rings. The maximum atomic E-state index is 12.9. The number of rotatable bonds is 4. The molecule has 1 N–H and O–H groups in total. The van der Waals surface area contributed by atoms with Crippen LogP contribution in [0.3, 0.4) is 0 Å². The topological polar surface area (TPSA) is 55.9 Å². The zero-order valence-corrected chi connectivity index (χ0v) is 17.8. The van der Waals surface area contributed by atoms with Gasteiger partial charge < -0.3 is 20.0 Å². The first-order valence-corrected chi connectivity index (χ1v) is 10.7. The van der Waals surface area contributed by atoms with Gasteiger partial charge in [0.05, 0.1) is 0 Å². The van der Waals surface area contributed by atoms with Crippen molar-refractivity contribution >= 4 is 17.7 Å². The van der Waals surface area contributed by atoms with E-state index < -0.39 is 0 Å². The first-order chi connectivity index (χ1) is 14.5. The van der Waals surface area contributed by atoms with Gasteiger partial charge in [0.2, 0.25) is 0 Å². The Morgan fingerprint density at radius 2 is 1.77 bits per heavy atom. The van der Waals surface area contributed by atoms with E-state index in [1.807, 2.05) is 52.0 Å². The molecule has 2 saturated heterocycles. The average Bonchev–Trinajstić information content (AvgIpc) is 3.10. The zero-order valence-electron chi connectivity index (χ0n) is 17.8. The van der Waals surface area contributed by atoms with E-state index in [1.54, 1.807) is 0 Å². The third-order valence-electron chi connectivity index (χ3n) is 6.16. The summed E-state index contributed by atoms with van der Waals surface area (Å²) in [7, 11) is 0. The van der Waals surface area contributed by atoms with Gasteiger partial charge in [-0.05, 0) is 43.9 Å². The third kappa shape index (κ3) is 4.42. The van der Waals surface area contributed by atoms with Crippen LogP contribution in [0.4, 0.5) is 15.3 Å². The minimum atomic E-state index is -0.0587. The first-order valence-electron chi connectivity index (χ1n) is 10.7. The quantitative estimate of drug-likeness (QED) is 0.826. The second kappa shape index (κ2) is 8.78. The van der Waals surface area contributed by atoms with E-state index in [4.69, 9.17) is 0 Å². The molecule has 4 amide bonds. The Bertz CT molecular complexity index is 921. The molecule has 6 nitrogen and oxygen atoms in total. The number of nitrogens with zero attached hydrogens (tertiary/aromatic N) is 3. The maximum absolute atomic E-state index is 12.9. The average molecular weight is 407 g/mol. The third-order valence-corrected chi connectivity index (χ3v) is 6.16. The largest absolute Gasteiger partial charge is 0.324 e. The van der Waals surface area contributed by atoms with Crippen LogP contribution in [0.25, 0.3) is 0 Å². The smallest absolute Gasteiger partial charge is 0.321 e. The highest BCUT2D eigenvalue weighted by Gasteiger charge is 2.36. The number of urea groups is 2. The van der Waals surface area contributed by atoms with Crippen LogP contribution in [0.15, 0.2) is 48.5 Å². The van der Waals surface area contributed by atoms with Crippen molar-refractivity contribution in [1.82, 2.24) is 14.7 Å². The summed E-state index contributed by atoms with van der Waals surface area (Å²) in [5.41, 5.74) is 4.29. The van der Waals surface area contributed by atoms with Crippen molar-refractivity contribution < 1.29 is 9.59 Å².